The number of thiocarbonyl (C=S) groups is 1. The second-order valence-electron chi connectivity index (χ2n) is 7.02. The van der Waals surface area contributed by atoms with E-state index in [2.05, 4.69) is 29.1 Å². The lowest BCUT2D eigenvalue weighted by molar-refractivity contribution is -0.119. The Balaban J connectivity index is 1.94. The summed E-state index contributed by atoms with van der Waals surface area (Å²) in [6.45, 7) is 12.1. The Kier molecular flexibility index (Phi) is 6.34. The molecule has 0 bridgehead atoms. The summed E-state index contributed by atoms with van der Waals surface area (Å²) in [7, 11) is 0. The first-order valence-electron chi connectivity index (χ1n) is 9.37. The zero-order valence-electron chi connectivity index (χ0n) is 16.6. The largest absolute Gasteiger partial charge is 0.489 e. The molecule has 0 aromatic heterocycles. The van der Waals surface area contributed by atoms with E-state index in [0.29, 0.717) is 23.2 Å². The van der Waals surface area contributed by atoms with E-state index in [0.717, 1.165) is 22.4 Å². The summed E-state index contributed by atoms with van der Waals surface area (Å²) < 4.78 is 5.81. The van der Waals surface area contributed by atoms with Crippen LogP contribution in [0.15, 0.2) is 67.4 Å². The zero-order chi connectivity index (χ0) is 21.0. The van der Waals surface area contributed by atoms with Crippen LogP contribution in [0.5, 0.6) is 5.75 Å². The van der Waals surface area contributed by atoms with Crippen LogP contribution in [0.3, 0.4) is 0 Å². The smallest absolute Gasteiger partial charge is 0.235 e. The monoisotopic (exact) mass is 407 g/mol. The van der Waals surface area contributed by atoms with Crippen molar-refractivity contribution in [3.8, 4) is 5.75 Å². The summed E-state index contributed by atoms with van der Waals surface area (Å²) in [4.78, 5) is 13.3. The molecular weight excluding hydrogens is 382 g/mol. The maximum absolute atomic E-state index is 13.3. The Morgan fingerprint density at radius 2 is 2.03 bits per heavy atom. The lowest BCUT2D eigenvalue weighted by Crippen LogP contribution is -2.51. The molecule has 29 heavy (non-hydrogen) atoms. The van der Waals surface area contributed by atoms with Gasteiger partial charge in [0.25, 0.3) is 0 Å². The minimum Gasteiger partial charge on any atom is -0.489 e. The van der Waals surface area contributed by atoms with Crippen LogP contribution in [0.25, 0.3) is 0 Å². The van der Waals surface area contributed by atoms with Crippen molar-refractivity contribution >= 4 is 28.9 Å². The van der Waals surface area contributed by atoms with Gasteiger partial charge in [-0.2, -0.15) is 0 Å². The number of amides is 1. The van der Waals surface area contributed by atoms with Crippen molar-refractivity contribution in [3.63, 3.8) is 0 Å². The van der Waals surface area contributed by atoms with Crippen LogP contribution in [-0.2, 0) is 4.79 Å². The highest BCUT2D eigenvalue weighted by molar-refractivity contribution is 7.80. The molecule has 2 atom stereocenters. The normalized spacial score (nSPS) is 18.4. The van der Waals surface area contributed by atoms with E-state index in [1.165, 1.54) is 0 Å². The average Bonchev–Trinajstić information content (AvgIpc) is 2.68. The Bertz CT molecular complexity index is 970. The highest BCUT2D eigenvalue weighted by Gasteiger charge is 2.38. The number of nitrogens with one attached hydrogen (secondary N) is 3. The highest BCUT2D eigenvalue weighted by Crippen LogP contribution is 2.35. The zero-order valence-corrected chi connectivity index (χ0v) is 17.4. The van der Waals surface area contributed by atoms with Crippen molar-refractivity contribution < 1.29 is 9.53 Å². The molecule has 150 valence electrons. The van der Waals surface area contributed by atoms with Gasteiger partial charge in [0.1, 0.15) is 18.3 Å². The number of aryl methyl sites for hydroxylation is 2. The topological polar surface area (TPSA) is 62.4 Å². The molecule has 1 heterocycles. The van der Waals surface area contributed by atoms with Crippen LogP contribution in [-0.4, -0.2) is 17.6 Å². The van der Waals surface area contributed by atoms with Crippen molar-refractivity contribution in [2.75, 3.05) is 11.9 Å². The number of carbonyl (C=O) groups is 1. The standard InChI is InChI=1S/C23H25N3O2S/c1-5-12-28-19-9-7-6-8-17(19)21-20(16(4)24-23(29)26-21)22(27)25-18-11-10-14(2)13-15(18)3/h5-11,13,20-21H,1,4,12H2,2-3H3,(H,25,27)(H2,24,26,29)/t20-,21-/m1/s1. The molecule has 0 spiro atoms. The van der Waals surface area contributed by atoms with Crippen molar-refractivity contribution in [2.45, 2.75) is 19.9 Å². The van der Waals surface area contributed by atoms with Crippen LogP contribution in [0.1, 0.15) is 22.7 Å². The van der Waals surface area contributed by atoms with Gasteiger partial charge in [0.05, 0.1) is 6.04 Å². The van der Waals surface area contributed by atoms with Gasteiger partial charge in [-0.3, -0.25) is 4.79 Å². The number of hydrogen-bond donors (Lipinski definition) is 3. The molecule has 0 saturated carbocycles. The molecule has 6 heteroatoms. The Morgan fingerprint density at radius 1 is 1.28 bits per heavy atom. The molecule has 3 rings (SSSR count). The third-order valence-electron chi connectivity index (χ3n) is 4.80. The number of carbonyl (C=O) groups excluding carboxylic acids is 1. The van der Waals surface area contributed by atoms with Crippen molar-refractivity contribution in [2.24, 2.45) is 5.92 Å². The van der Waals surface area contributed by atoms with E-state index in [1.807, 2.05) is 56.3 Å². The fourth-order valence-corrected chi connectivity index (χ4v) is 3.69. The van der Waals surface area contributed by atoms with Gasteiger partial charge in [0.2, 0.25) is 5.91 Å². The maximum atomic E-state index is 13.3. The fourth-order valence-electron chi connectivity index (χ4n) is 3.43. The fraction of sp³-hybridized carbons (Fsp3) is 0.217. The predicted octanol–water partition coefficient (Wildman–Crippen LogP) is 4.16. The number of ether oxygens (including phenoxy) is 1. The average molecular weight is 408 g/mol. The van der Waals surface area contributed by atoms with E-state index in [-0.39, 0.29) is 5.91 Å². The van der Waals surface area contributed by atoms with E-state index in [4.69, 9.17) is 17.0 Å². The Hall–Kier alpha value is -3.12. The molecule has 1 aliphatic rings. The molecule has 3 N–H and O–H groups in total. The van der Waals surface area contributed by atoms with Gasteiger partial charge >= 0.3 is 0 Å². The number of hydrogen-bond acceptors (Lipinski definition) is 3. The van der Waals surface area contributed by atoms with Gasteiger partial charge in [-0.05, 0) is 43.8 Å². The summed E-state index contributed by atoms with van der Waals surface area (Å²) in [5, 5.41) is 9.66. The molecule has 2 aromatic rings. The Labute approximate surface area is 176 Å². The third-order valence-corrected chi connectivity index (χ3v) is 5.02. The quantitative estimate of drug-likeness (QED) is 0.496. The van der Waals surface area contributed by atoms with Gasteiger partial charge in [-0.1, -0.05) is 55.1 Å². The van der Waals surface area contributed by atoms with Crippen LogP contribution >= 0.6 is 12.2 Å². The summed E-state index contributed by atoms with van der Waals surface area (Å²) in [5.74, 6) is -0.0874. The highest BCUT2D eigenvalue weighted by atomic mass is 32.1. The molecule has 2 aromatic carbocycles. The number of rotatable bonds is 6. The van der Waals surface area contributed by atoms with Gasteiger partial charge < -0.3 is 20.7 Å². The lowest BCUT2D eigenvalue weighted by atomic mass is 9.87. The van der Waals surface area contributed by atoms with E-state index in [1.54, 1.807) is 6.08 Å². The van der Waals surface area contributed by atoms with Gasteiger partial charge in [0.15, 0.2) is 5.11 Å². The first kappa shape index (κ1) is 20.6. The van der Waals surface area contributed by atoms with E-state index < -0.39 is 12.0 Å². The van der Waals surface area contributed by atoms with Crippen LogP contribution in [0.4, 0.5) is 5.69 Å². The van der Waals surface area contributed by atoms with Crippen LogP contribution < -0.4 is 20.7 Å². The van der Waals surface area contributed by atoms with Crippen molar-refractivity contribution in [1.82, 2.24) is 10.6 Å². The number of para-hydroxylation sites is 1. The first-order valence-corrected chi connectivity index (χ1v) is 9.78. The maximum Gasteiger partial charge on any atom is 0.235 e. The Morgan fingerprint density at radius 3 is 2.76 bits per heavy atom. The second kappa shape index (κ2) is 8.92. The van der Waals surface area contributed by atoms with Gasteiger partial charge in [-0.15, -0.1) is 0 Å². The number of anilines is 1. The van der Waals surface area contributed by atoms with E-state index in [9.17, 15) is 4.79 Å². The SMILES string of the molecule is C=CCOc1ccccc1[C@H]1NC(=S)NC(=C)[C@H]1C(=O)Nc1ccc(C)cc1C. The van der Waals surface area contributed by atoms with Crippen LogP contribution in [0.2, 0.25) is 0 Å². The number of benzene rings is 2. The molecule has 0 unspecified atom stereocenters. The minimum absolute atomic E-state index is 0.173. The summed E-state index contributed by atoms with van der Waals surface area (Å²) in [6, 6.07) is 13.1. The summed E-state index contributed by atoms with van der Waals surface area (Å²) >= 11 is 5.32. The van der Waals surface area contributed by atoms with Gasteiger partial charge in [-0.25, -0.2) is 0 Å². The summed E-state index contributed by atoms with van der Waals surface area (Å²) in [6.07, 6.45) is 1.68. The van der Waals surface area contributed by atoms with Crippen molar-refractivity contribution in [3.05, 3.63) is 84.1 Å². The summed E-state index contributed by atoms with van der Waals surface area (Å²) in [5.41, 5.74) is 4.29. The van der Waals surface area contributed by atoms with Crippen LogP contribution in [0, 0.1) is 19.8 Å². The molecule has 0 aliphatic carbocycles. The molecular formula is C23H25N3O2S. The molecule has 1 saturated heterocycles. The molecule has 1 amide bonds. The molecule has 0 radical (unpaired) electrons. The lowest BCUT2D eigenvalue weighted by Gasteiger charge is -2.36. The molecule has 1 fully saturated rings. The second-order valence-corrected chi connectivity index (χ2v) is 7.43. The van der Waals surface area contributed by atoms with Crippen molar-refractivity contribution in [1.29, 1.82) is 0 Å². The third kappa shape index (κ3) is 4.66. The predicted molar refractivity (Wildman–Crippen MR) is 121 cm³/mol. The minimum atomic E-state index is -0.587. The first-order chi connectivity index (χ1) is 13.9. The molecule has 1 aliphatic heterocycles. The van der Waals surface area contributed by atoms with E-state index >= 15 is 0 Å². The molecule has 5 nitrogen and oxygen atoms in total. The van der Waals surface area contributed by atoms with Gasteiger partial charge in [0, 0.05) is 16.9 Å².